The first-order chi connectivity index (χ1) is 10.5. The Balaban J connectivity index is 1.81. The minimum absolute atomic E-state index is 0.0623. The van der Waals surface area contributed by atoms with E-state index < -0.39 is 11.7 Å². The molecular weight excluding hydrogens is 295 g/mol. The molecule has 1 saturated carbocycles. The van der Waals surface area contributed by atoms with Crippen LogP contribution in [-0.2, 0) is 11.0 Å². The van der Waals surface area contributed by atoms with Gasteiger partial charge in [0, 0.05) is 5.92 Å². The Hall–Kier alpha value is -2.05. The minimum Gasteiger partial charge on any atom is -0.315 e. The van der Waals surface area contributed by atoms with Gasteiger partial charge in [-0.05, 0) is 30.5 Å². The molecule has 2 aliphatic rings. The molecule has 7 heteroatoms. The molecular formula is C15H16F3N3O. The Morgan fingerprint density at radius 1 is 1.36 bits per heavy atom. The van der Waals surface area contributed by atoms with Gasteiger partial charge in [-0.25, -0.2) is 0 Å². The first-order valence-corrected chi connectivity index (χ1v) is 7.21. The molecule has 1 amide bonds. The molecule has 1 N–H and O–H groups in total. The van der Waals surface area contributed by atoms with Crippen LogP contribution in [0.1, 0.15) is 24.8 Å². The summed E-state index contributed by atoms with van der Waals surface area (Å²) in [5, 5.41) is 8.39. The molecule has 3 rings (SSSR count). The molecule has 0 aromatic heterocycles. The maximum absolute atomic E-state index is 12.8. The number of halogens is 3. The van der Waals surface area contributed by atoms with E-state index in [0.29, 0.717) is 30.4 Å². The molecule has 1 aliphatic heterocycles. The topological polar surface area (TPSA) is 44.7 Å². The molecule has 0 radical (unpaired) electrons. The summed E-state index contributed by atoms with van der Waals surface area (Å²) < 4.78 is 38.4. The normalized spacial score (nSPS) is 21.7. The number of carbonyl (C=O) groups excluding carboxylic acids is 1. The summed E-state index contributed by atoms with van der Waals surface area (Å²) in [5.74, 6) is 1.25. The fraction of sp³-hybridized carbons (Fsp3) is 0.467. The van der Waals surface area contributed by atoms with E-state index in [1.165, 1.54) is 23.9 Å². The number of hydrogen-bond acceptors (Lipinski definition) is 3. The second kappa shape index (κ2) is 5.62. The zero-order valence-corrected chi connectivity index (χ0v) is 11.8. The summed E-state index contributed by atoms with van der Waals surface area (Å²) in [7, 11) is 0. The van der Waals surface area contributed by atoms with E-state index in [2.05, 4.69) is 10.4 Å². The van der Waals surface area contributed by atoms with Gasteiger partial charge in [0.15, 0.2) is 0 Å². The zero-order chi connectivity index (χ0) is 15.7. The van der Waals surface area contributed by atoms with Gasteiger partial charge in [0.2, 0.25) is 6.41 Å². The number of alkyl halides is 3. The summed E-state index contributed by atoms with van der Waals surface area (Å²) in [6.45, 7) is 0.494. The van der Waals surface area contributed by atoms with E-state index in [-0.39, 0.29) is 5.92 Å². The van der Waals surface area contributed by atoms with Crippen molar-refractivity contribution in [2.75, 3.05) is 11.6 Å². The number of hydrazone groups is 1. The van der Waals surface area contributed by atoms with Gasteiger partial charge in [0.05, 0.1) is 17.8 Å². The Labute approximate surface area is 126 Å². The molecule has 1 unspecified atom stereocenters. The maximum Gasteiger partial charge on any atom is 0.416 e. The van der Waals surface area contributed by atoms with Crippen molar-refractivity contribution in [3.63, 3.8) is 0 Å². The average Bonchev–Trinajstić information content (AvgIpc) is 3.20. The number of rotatable bonds is 4. The molecule has 1 aromatic rings. The monoisotopic (exact) mass is 311 g/mol. The van der Waals surface area contributed by atoms with Gasteiger partial charge >= 0.3 is 6.18 Å². The summed E-state index contributed by atoms with van der Waals surface area (Å²) in [4.78, 5) is 10.7. The maximum atomic E-state index is 12.8. The molecule has 22 heavy (non-hydrogen) atoms. The van der Waals surface area contributed by atoms with Crippen LogP contribution in [0.2, 0.25) is 0 Å². The Morgan fingerprint density at radius 3 is 2.77 bits per heavy atom. The van der Waals surface area contributed by atoms with Gasteiger partial charge in [-0.15, -0.1) is 0 Å². The highest BCUT2D eigenvalue weighted by Gasteiger charge is 2.35. The van der Waals surface area contributed by atoms with Gasteiger partial charge in [-0.2, -0.15) is 18.3 Å². The molecule has 1 fully saturated rings. The highest BCUT2D eigenvalue weighted by atomic mass is 19.4. The van der Waals surface area contributed by atoms with Crippen LogP contribution in [0, 0.1) is 11.8 Å². The van der Waals surface area contributed by atoms with E-state index in [1.54, 1.807) is 6.07 Å². The van der Waals surface area contributed by atoms with Crippen molar-refractivity contribution < 1.29 is 18.0 Å². The van der Waals surface area contributed by atoms with Crippen molar-refractivity contribution >= 4 is 17.9 Å². The minimum atomic E-state index is -4.38. The Kier molecular flexibility index (Phi) is 3.80. The molecule has 1 aromatic carbocycles. The highest BCUT2D eigenvalue weighted by molar-refractivity contribution is 5.95. The number of nitrogens with zero attached hydrogens (tertiary/aromatic N) is 2. The van der Waals surface area contributed by atoms with Crippen molar-refractivity contribution in [3.05, 3.63) is 29.8 Å². The van der Waals surface area contributed by atoms with E-state index in [9.17, 15) is 18.0 Å². The zero-order valence-electron chi connectivity index (χ0n) is 11.8. The van der Waals surface area contributed by atoms with E-state index in [1.807, 2.05) is 0 Å². The second-order valence-electron chi connectivity index (χ2n) is 5.75. The summed E-state index contributed by atoms with van der Waals surface area (Å²) in [5.41, 5.74) is -0.311. The summed E-state index contributed by atoms with van der Waals surface area (Å²) in [6.07, 6.45) is -0.552. The van der Waals surface area contributed by atoms with E-state index in [0.717, 1.165) is 18.6 Å². The molecule has 0 saturated heterocycles. The number of anilines is 1. The molecule has 1 heterocycles. The summed E-state index contributed by atoms with van der Waals surface area (Å²) in [6, 6.07) is 5.09. The van der Waals surface area contributed by atoms with Gasteiger partial charge in [-0.1, -0.05) is 18.9 Å². The van der Waals surface area contributed by atoms with Crippen molar-refractivity contribution in [2.45, 2.75) is 25.4 Å². The van der Waals surface area contributed by atoms with Crippen LogP contribution in [0.5, 0.6) is 0 Å². The lowest BCUT2D eigenvalue weighted by Gasteiger charge is -2.17. The standard InChI is InChI=1S/C15H16F3N3O/c16-15(17,18)12-2-1-3-13(7-12)21-8-11(6-10-4-5-10)14(20-21)19-9-22/h1-3,7,9-11H,4-6,8H2,(H,19,20,22). The van der Waals surface area contributed by atoms with Crippen LogP contribution >= 0.6 is 0 Å². The van der Waals surface area contributed by atoms with Crippen LogP contribution in [0.15, 0.2) is 29.4 Å². The van der Waals surface area contributed by atoms with Gasteiger partial charge < -0.3 is 5.32 Å². The number of amidine groups is 1. The number of amides is 1. The van der Waals surface area contributed by atoms with Crippen LogP contribution in [0.25, 0.3) is 0 Å². The van der Waals surface area contributed by atoms with Crippen LogP contribution < -0.4 is 10.3 Å². The van der Waals surface area contributed by atoms with E-state index >= 15 is 0 Å². The lowest BCUT2D eigenvalue weighted by atomic mass is 10.0. The van der Waals surface area contributed by atoms with Crippen molar-refractivity contribution in [1.82, 2.24) is 5.32 Å². The lowest BCUT2D eigenvalue weighted by Crippen LogP contribution is -2.29. The number of carbonyl (C=O) groups is 1. The smallest absolute Gasteiger partial charge is 0.315 e. The van der Waals surface area contributed by atoms with Crippen molar-refractivity contribution in [1.29, 1.82) is 0 Å². The molecule has 118 valence electrons. The third-order valence-corrected chi connectivity index (χ3v) is 4.00. The summed E-state index contributed by atoms with van der Waals surface area (Å²) >= 11 is 0. The van der Waals surface area contributed by atoms with Gasteiger partial charge in [-0.3, -0.25) is 9.80 Å². The quantitative estimate of drug-likeness (QED) is 0.869. The van der Waals surface area contributed by atoms with Crippen LogP contribution in [0.4, 0.5) is 18.9 Å². The van der Waals surface area contributed by atoms with Crippen molar-refractivity contribution in [2.24, 2.45) is 16.9 Å². The molecule has 0 bridgehead atoms. The molecule has 0 spiro atoms. The largest absolute Gasteiger partial charge is 0.416 e. The Bertz CT molecular complexity index is 596. The number of benzene rings is 1. The third-order valence-electron chi connectivity index (χ3n) is 4.00. The highest BCUT2D eigenvalue weighted by Crippen LogP contribution is 2.38. The van der Waals surface area contributed by atoms with Gasteiger partial charge in [0.25, 0.3) is 0 Å². The predicted octanol–water partition coefficient (Wildman–Crippen LogP) is 3.00. The second-order valence-corrected chi connectivity index (χ2v) is 5.75. The fourth-order valence-electron chi connectivity index (χ4n) is 2.70. The fourth-order valence-corrected chi connectivity index (χ4v) is 2.70. The first-order valence-electron chi connectivity index (χ1n) is 7.21. The molecule has 1 atom stereocenters. The third kappa shape index (κ3) is 3.23. The van der Waals surface area contributed by atoms with Crippen LogP contribution in [0.3, 0.4) is 0 Å². The predicted molar refractivity (Wildman–Crippen MR) is 76.3 cm³/mol. The van der Waals surface area contributed by atoms with Gasteiger partial charge in [0.1, 0.15) is 5.84 Å². The van der Waals surface area contributed by atoms with E-state index in [4.69, 9.17) is 0 Å². The number of nitrogens with one attached hydrogen (secondary N) is 1. The molecule has 4 nitrogen and oxygen atoms in total. The molecule has 1 aliphatic carbocycles. The number of hydrogen-bond donors (Lipinski definition) is 1. The lowest BCUT2D eigenvalue weighted by molar-refractivity contribution is -0.137. The van der Waals surface area contributed by atoms with Crippen molar-refractivity contribution in [3.8, 4) is 0 Å². The first kappa shape index (κ1) is 14.9. The Morgan fingerprint density at radius 2 is 2.14 bits per heavy atom. The average molecular weight is 311 g/mol. The SMILES string of the molecule is O=CNC1=NN(c2cccc(C(F)(F)F)c2)CC1CC1CC1. The van der Waals surface area contributed by atoms with Crippen LogP contribution in [-0.4, -0.2) is 18.8 Å².